The van der Waals surface area contributed by atoms with Crippen LogP contribution in [0.4, 0.5) is 8.78 Å². The number of fused-ring (bicyclic) bond motifs is 1. The zero-order valence-corrected chi connectivity index (χ0v) is 22.9. The second-order valence-corrected chi connectivity index (χ2v) is 10.7. The molecule has 41 heavy (non-hydrogen) atoms. The Morgan fingerprint density at radius 3 is 2.39 bits per heavy atom. The van der Waals surface area contributed by atoms with Gasteiger partial charge >= 0.3 is 5.97 Å². The molecule has 1 unspecified atom stereocenters. The molecule has 1 saturated carbocycles. The molecule has 5 rings (SSSR count). The largest absolute Gasteiger partial charge is 0.507 e. The van der Waals surface area contributed by atoms with Gasteiger partial charge < -0.3 is 19.6 Å². The average molecular weight is 585 g/mol. The van der Waals surface area contributed by atoms with Gasteiger partial charge in [-0.1, -0.05) is 0 Å². The van der Waals surface area contributed by atoms with E-state index in [2.05, 4.69) is 10.1 Å². The zero-order valence-electron chi connectivity index (χ0n) is 22.1. The Morgan fingerprint density at radius 1 is 1.10 bits per heavy atom. The number of rotatable bonds is 9. The topological polar surface area (TPSA) is 129 Å². The van der Waals surface area contributed by atoms with E-state index in [9.17, 15) is 32.2 Å². The molecule has 0 saturated heterocycles. The number of aromatic hydroxyl groups is 1. The number of hydrogen-bond acceptors (Lipinski definition) is 6. The highest BCUT2D eigenvalue weighted by Crippen LogP contribution is 2.45. The van der Waals surface area contributed by atoms with Gasteiger partial charge in [0.2, 0.25) is 11.3 Å². The van der Waals surface area contributed by atoms with Crippen LogP contribution in [0, 0.1) is 11.6 Å². The molecule has 0 aliphatic heterocycles. The van der Waals surface area contributed by atoms with Crippen LogP contribution in [0.5, 0.6) is 5.75 Å². The maximum Gasteiger partial charge on any atom is 0.341 e. The first-order valence-corrected chi connectivity index (χ1v) is 13.7. The SMILES string of the molecule is CNC(=O)c1c(-c2ccc(F)cc2)oc2cc(CN(Cc3cc(C(=O)OC)c(O)cc3F)S(=O)O)c(C3CC3)cc12. The molecule has 1 aliphatic rings. The van der Waals surface area contributed by atoms with Crippen LogP contribution in [0.1, 0.15) is 56.2 Å². The van der Waals surface area contributed by atoms with Crippen molar-refractivity contribution in [3.63, 3.8) is 0 Å². The predicted molar refractivity (Wildman–Crippen MR) is 146 cm³/mol. The summed E-state index contributed by atoms with van der Waals surface area (Å²) >= 11 is -2.55. The molecule has 0 bridgehead atoms. The lowest BCUT2D eigenvalue weighted by Gasteiger charge is -2.20. The number of halogens is 2. The van der Waals surface area contributed by atoms with Gasteiger partial charge in [-0.2, -0.15) is 4.31 Å². The van der Waals surface area contributed by atoms with E-state index in [0.717, 1.165) is 42.0 Å². The first-order chi connectivity index (χ1) is 19.6. The molecule has 9 nitrogen and oxygen atoms in total. The van der Waals surface area contributed by atoms with E-state index in [1.807, 2.05) is 6.07 Å². The van der Waals surface area contributed by atoms with Crippen molar-refractivity contribution >= 4 is 34.1 Å². The van der Waals surface area contributed by atoms with Crippen LogP contribution in [-0.2, 0) is 29.1 Å². The quantitative estimate of drug-likeness (QED) is 0.181. The second-order valence-electron chi connectivity index (χ2n) is 9.69. The molecule has 1 atom stereocenters. The molecule has 4 aromatic rings. The van der Waals surface area contributed by atoms with E-state index in [4.69, 9.17) is 4.42 Å². The highest BCUT2D eigenvalue weighted by Gasteiger charge is 2.31. The van der Waals surface area contributed by atoms with E-state index in [1.165, 1.54) is 31.3 Å². The first kappa shape index (κ1) is 28.4. The van der Waals surface area contributed by atoms with Gasteiger partial charge in [0.05, 0.1) is 12.7 Å². The summed E-state index contributed by atoms with van der Waals surface area (Å²) in [5, 5.41) is 13.1. The van der Waals surface area contributed by atoms with Gasteiger partial charge in [0.15, 0.2) is 0 Å². The molecule has 3 N–H and O–H groups in total. The van der Waals surface area contributed by atoms with E-state index in [-0.39, 0.29) is 47.4 Å². The van der Waals surface area contributed by atoms with Gasteiger partial charge in [0, 0.05) is 42.7 Å². The molecule has 1 aliphatic carbocycles. The van der Waals surface area contributed by atoms with Crippen molar-refractivity contribution in [2.24, 2.45) is 0 Å². The molecule has 0 spiro atoms. The average Bonchev–Trinajstić information content (AvgIpc) is 3.73. The summed E-state index contributed by atoms with van der Waals surface area (Å²) in [7, 11) is 2.61. The smallest absolute Gasteiger partial charge is 0.341 e. The number of amides is 1. The number of carbonyl (C=O) groups excluding carboxylic acids is 2. The fraction of sp³-hybridized carbons (Fsp3) is 0.241. The van der Waals surface area contributed by atoms with Crippen LogP contribution in [-0.4, -0.2) is 44.2 Å². The number of ether oxygens (including phenoxy) is 1. The molecule has 12 heteroatoms. The number of phenols is 1. The fourth-order valence-corrected chi connectivity index (χ4v) is 5.32. The van der Waals surface area contributed by atoms with Gasteiger partial charge in [0.1, 0.15) is 34.3 Å². The van der Waals surface area contributed by atoms with Crippen LogP contribution in [0.2, 0.25) is 0 Å². The summed E-state index contributed by atoms with van der Waals surface area (Å²) in [5.74, 6) is -2.79. The Labute approximate surface area is 236 Å². The summed E-state index contributed by atoms with van der Waals surface area (Å²) in [6.07, 6.45) is 1.77. The Morgan fingerprint density at radius 2 is 1.78 bits per heavy atom. The van der Waals surface area contributed by atoms with Crippen molar-refractivity contribution in [1.82, 2.24) is 9.62 Å². The van der Waals surface area contributed by atoms with Gasteiger partial charge in [0.25, 0.3) is 5.91 Å². The Balaban J connectivity index is 1.58. The van der Waals surface area contributed by atoms with Crippen molar-refractivity contribution < 1.29 is 41.4 Å². The van der Waals surface area contributed by atoms with Crippen LogP contribution in [0.15, 0.2) is 52.9 Å². The maximum absolute atomic E-state index is 14.7. The first-order valence-electron chi connectivity index (χ1n) is 12.6. The van der Waals surface area contributed by atoms with E-state index >= 15 is 0 Å². The third-order valence-electron chi connectivity index (χ3n) is 7.01. The van der Waals surface area contributed by atoms with Gasteiger partial charge in [-0.3, -0.25) is 9.35 Å². The van der Waals surface area contributed by atoms with Crippen LogP contribution < -0.4 is 5.32 Å². The third kappa shape index (κ3) is 5.71. The van der Waals surface area contributed by atoms with Crippen LogP contribution >= 0.6 is 0 Å². The number of esters is 1. The number of nitrogens with one attached hydrogen (secondary N) is 1. The molecule has 214 valence electrons. The normalized spacial score (nSPS) is 13.9. The Bertz CT molecular complexity index is 1680. The minimum atomic E-state index is -2.55. The Hall–Kier alpha value is -4.13. The van der Waals surface area contributed by atoms with Gasteiger partial charge in [-0.05, 0) is 72.4 Å². The highest BCUT2D eigenvalue weighted by molar-refractivity contribution is 7.76. The summed E-state index contributed by atoms with van der Waals surface area (Å²) < 4.78 is 62.6. The minimum absolute atomic E-state index is 0.0966. The van der Waals surface area contributed by atoms with Crippen LogP contribution in [0.25, 0.3) is 22.3 Å². The summed E-state index contributed by atoms with van der Waals surface area (Å²) in [6.45, 7) is -0.468. The van der Waals surface area contributed by atoms with Crippen molar-refractivity contribution in [2.75, 3.05) is 14.2 Å². The monoisotopic (exact) mass is 584 g/mol. The molecular formula is C29H26F2N2O7S. The minimum Gasteiger partial charge on any atom is -0.507 e. The number of methoxy groups -OCH3 is 1. The number of benzene rings is 3. The molecule has 1 aromatic heterocycles. The van der Waals surface area contributed by atoms with Crippen molar-refractivity contribution in [3.05, 3.63) is 88.0 Å². The van der Waals surface area contributed by atoms with Gasteiger partial charge in [-0.25, -0.2) is 17.8 Å². The maximum atomic E-state index is 14.7. The molecule has 1 amide bonds. The molecule has 0 radical (unpaired) electrons. The summed E-state index contributed by atoms with van der Waals surface area (Å²) in [4.78, 5) is 24.9. The molecule has 1 heterocycles. The molecule has 3 aromatic carbocycles. The van der Waals surface area contributed by atoms with Crippen LogP contribution in [0.3, 0.4) is 0 Å². The lowest BCUT2D eigenvalue weighted by molar-refractivity contribution is 0.0597. The highest BCUT2D eigenvalue weighted by atomic mass is 32.2. The van der Waals surface area contributed by atoms with E-state index < -0.39 is 34.6 Å². The number of furan rings is 1. The Kier molecular flexibility index (Phi) is 7.89. The number of hydrogen-bond donors (Lipinski definition) is 3. The van der Waals surface area contributed by atoms with E-state index in [0.29, 0.717) is 22.1 Å². The number of nitrogens with zero attached hydrogens (tertiary/aromatic N) is 1. The van der Waals surface area contributed by atoms with Gasteiger partial charge in [-0.15, -0.1) is 0 Å². The lowest BCUT2D eigenvalue weighted by Crippen LogP contribution is -2.26. The fourth-order valence-electron chi connectivity index (χ4n) is 4.82. The molecular weight excluding hydrogens is 558 g/mol. The number of phenolic OH excluding ortho intramolecular Hbond substituents is 1. The van der Waals surface area contributed by atoms with Crippen molar-refractivity contribution in [3.8, 4) is 17.1 Å². The van der Waals surface area contributed by atoms with E-state index in [1.54, 1.807) is 6.07 Å². The third-order valence-corrected chi connectivity index (χ3v) is 7.71. The zero-order chi connectivity index (χ0) is 29.4. The summed E-state index contributed by atoms with van der Waals surface area (Å²) in [5.41, 5.74) is 2.24. The van der Waals surface area contributed by atoms with Crippen molar-refractivity contribution in [2.45, 2.75) is 31.8 Å². The molecule has 1 fully saturated rings. The second kappa shape index (κ2) is 11.4. The summed E-state index contributed by atoms with van der Waals surface area (Å²) in [6, 6.07) is 10.9. The predicted octanol–water partition coefficient (Wildman–Crippen LogP) is 5.25. The lowest BCUT2D eigenvalue weighted by atomic mass is 9.97. The number of carbonyl (C=O) groups is 2. The van der Waals surface area contributed by atoms with Crippen molar-refractivity contribution in [1.29, 1.82) is 0 Å². The standard InChI is InChI=1S/C29H26F2N2O7S/c1-32-28(35)26-22-11-20(15-3-4-15)17(10-25(22)40-27(26)16-5-7-19(30)8-6-16)13-33(41(37)38)14-18-9-21(29(36)39-2)24(34)12-23(18)31/h5-12,15,34H,3-4,13-14H2,1-2H3,(H,32,35)(H,37,38).